The van der Waals surface area contributed by atoms with Crippen molar-refractivity contribution in [2.45, 2.75) is 29.7 Å². The number of hydroxylamine groups is 1. The Labute approximate surface area is 134 Å². The molecule has 1 aliphatic rings. The van der Waals surface area contributed by atoms with Gasteiger partial charge in [0, 0.05) is 17.5 Å². The zero-order valence-corrected chi connectivity index (χ0v) is 14.4. The molecule has 1 heterocycles. The number of nitrogens with zero attached hydrogens (tertiary/aromatic N) is 2. The smallest absolute Gasteiger partial charge is 0.254 e. The first-order valence-corrected chi connectivity index (χ1v) is 8.70. The van der Waals surface area contributed by atoms with Crippen LogP contribution < -0.4 is 0 Å². The predicted octanol–water partition coefficient (Wildman–Crippen LogP) is 3.41. The molecule has 0 N–H and O–H groups in total. The van der Waals surface area contributed by atoms with Crippen molar-refractivity contribution < 1.29 is 4.74 Å². The minimum Gasteiger partial charge on any atom is -0.622 e. The summed E-state index contributed by atoms with van der Waals surface area (Å²) in [4.78, 5) is 3.06. The molecule has 0 radical (unpaired) electrons. The Kier molecular flexibility index (Phi) is 4.66. The molecule has 2 rings (SSSR count). The summed E-state index contributed by atoms with van der Waals surface area (Å²) in [6.07, 6.45) is 3.40. The largest absolute Gasteiger partial charge is 0.622 e. The van der Waals surface area contributed by atoms with Crippen molar-refractivity contribution in [3.8, 4) is 0 Å². The van der Waals surface area contributed by atoms with Gasteiger partial charge in [0.25, 0.3) is 6.17 Å². The first-order valence-electron chi connectivity index (χ1n) is 6.25. The van der Waals surface area contributed by atoms with Gasteiger partial charge in [-0.1, -0.05) is 24.0 Å². The molecule has 108 valence electrons. The molecule has 0 aliphatic carbocycles. The SMILES string of the molecule is CSc1ccc(C=[N+]([O-])[C@H]2N(C)C(=S)SC2(C)C)cc1. The molecular formula is C14H18N2OS3. The van der Waals surface area contributed by atoms with Crippen molar-refractivity contribution >= 4 is 46.3 Å². The number of hydrogen-bond donors (Lipinski definition) is 0. The summed E-state index contributed by atoms with van der Waals surface area (Å²) in [6, 6.07) is 7.97. The maximum absolute atomic E-state index is 12.5. The van der Waals surface area contributed by atoms with Gasteiger partial charge < -0.3 is 10.1 Å². The summed E-state index contributed by atoms with van der Waals surface area (Å²) >= 11 is 8.56. The molecule has 3 nitrogen and oxygen atoms in total. The van der Waals surface area contributed by atoms with Gasteiger partial charge in [0.2, 0.25) is 0 Å². The molecule has 6 heteroatoms. The van der Waals surface area contributed by atoms with Crippen molar-refractivity contribution in [3.63, 3.8) is 0 Å². The van der Waals surface area contributed by atoms with E-state index in [-0.39, 0.29) is 10.9 Å². The second-order valence-corrected chi connectivity index (χ2v) is 8.39. The fourth-order valence-electron chi connectivity index (χ4n) is 2.30. The average Bonchev–Trinajstić information content (AvgIpc) is 2.59. The van der Waals surface area contributed by atoms with Gasteiger partial charge in [-0.3, -0.25) is 0 Å². The van der Waals surface area contributed by atoms with E-state index in [1.54, 1.807) is 29.7 Å². The lowest BCUT2D eigenvalue weighted by molar-refractivity contribution is -0.522. The highest BCUT2D eigenvalue weighted by Gasteiger charge is 2.48. The molecule has 1 atom stereocenters. The second kappa shape index (κ2) is 5.95. The lowest BCUT2D eigenvalue weighted by Gasteiger charge is -2.27. The van der Waals surface area contributed by atoms with Crippen molar-refractivity contribution in [1.82, 2.24) is 4.90 Å². The Morgan fingerprint density at radius 1 is 1.40 bits per heavy atom. The quantitative estimate of drug-likeness (QED) is 0.212. The van der Waals surface area contributed by atoms with E-state index in [9.17, 15) is 5.21 Å². The zero-order chi connectivity index (χ0) is 14.9. The summed E-state index contributed by atoms with van der Waals surface area (Å²) in [7, 11) is 1.88. The van der Waals surface area contributed by atoms with Crippen LogP contribution in [0.5, 0.6) is 0 Å². The van der Waals surface area contributed by atoms with Gasteiger partial charge in [-0.2, -0.15) is 4.74 Å². The number of thiocarbonyl (C=S) groups is 1. The maximum atomic E-state index is 12.5. The lowest BCUT2D eigenvalue weighted by Crippen LogP contribution is -2.46. The van der Waals surface area contributed by atoms with Crippen LogP contribution in [0.15, 0.2) is 29.2 Å². The highest BCUT2D eigenvalue weighted by atomic mass is 32.2. The van der Waals surface area contributed by atoms with E-state index in [4.69, 9.17) is 12.2 Å². The maximum Gasteiger partial charge on any atom is 0.254 e. The third-order valence-electron chi connectivity index (χ3n) is 3.26. The Hall–Kier alpha value is -0.720. The molecule has 0 bridgehead atoms. The molecule has 0 amide bonds. The molecule has 1 aliphatic heterocycles. The molecule has 0 aromatic heterocycles. The molecule has 1 aromatic carbocycles. The summed E-state index contributed by atoms with van der Waals surface area (Å²) in [6.45, 7) is 4.10. The van der Waals surface area contributed by atoms with Gasteiger partial charge in [0.15, 0.2) is 6.21 Å². The Morgan fingerprint density at radius 3 is 2.45 bits per heavy atom. The molecule has 0 spiro atoms. The number of hydrogen-bond acceptors (Lipinski definition) is 4. The fourth-order valence-corrected chi connectivity index (χ4v) is 4.51. The van der Waals surface area contributed by atoms with Crippen LogP contribution in [0.4, 0.5) is 0 Å². The van der Waals surface area contributed by atoms with Crippen molar-refractivity contribution in [2.24, 2.45) is 0 Å². The number of thioether (sulfide) groups is 2. The van der Waals surface area contributed by atoms with Crippen LogP contribution in [0.3, 0.4) is 0 Å². The third-order valence-corrected chi connectivity index (χ3v) is 5.74. The second-order valence-electron chi connectivity index (χ2n) is 5.22. The molecule has 1 aromatic rings. The fraction of sp³-hybridized carbons (Fsp3) is 0.429. The minimum atomic E-state index is -0.278. The zero-order valence-electron chi connectivity index (χ0n) is 12.0. The summed E-state index contributed by atoms with van der Waals surface area (Å²) in [5.74, 6) is 0. The topological polar surface area (TPSA) is 29.3 Å². The van der Waals surface area contributed by atoms with Crippen LogP contribution in [0, 0.1) is 5.21 Å². The standard InChI is InChI=1S/C14H18N2OS3/c1-14(2)12(15(3)13(18)20-14)16(17)9-10-5-7-11(19-4)8-6-10/h5-9,12H,1-4H3/t12-/m1/s1. The van der Waals surface area contributed by atoms with Gasteiger partial charge >= 0.3 is 0 Å². The molecule has 0 saturated carbocycles. The highest BCUT2D eigenvalue weighted by molar-refractivity contribution is 8.24. The number of rotatable bonds is 3. The van der Waals surface area contributed by atoms with Gasteiger partial charge in [-0.15, -0.1) is 11.8 Å². The third kappa shape index (κ3) is 3.13. The van der Waals surface area contributed by atoms with Gasteiger partial charge in [0.05, 0.1) is 0 Å². The van der Waals surface area contributed by atoms with E-state index in [0.717, 1.165) is 14.6 Å². The molecule has 20 heavy (non-hydrogen) atoms. The van der Waals surface area contributed by atoms with E-state index < -0.39 is 0 Å². The minimum absolute atomic E-state index is 0.219. The van der Waals surface area contributed by atoms with Gasteiger partial charge in [-0.25, -0.2) is 0 Å². The molecule has 1 fully saturated rings. The van der Waals surface area contributed by atoms with Crippen molar-refractivity contribution in [1.29, 1.82) is 0 Å². The normalized spacial score (nSPS) is 22.4. The molecular weight excluding hydrogens is 308 g/mol. The summed E-state index contributed by atoms with van der Waals surface area (Å²) in [5.41, 5.74) is 0.907. The van der Waals surface area contributed by atoms with E-state index in [1.807, 2.05) is 56.3 Å². The van der Waals surface area contributed by atoms with Crippen LogP contribution in [0.25, 0.3) is 0 Å². The Bertz CT molecular complexity index is 540. The summed E-state index contributed by atoms with van der Waals surface area (Å²) in [5, 5.41) is 12.5. The monoisotopic (exact) mass is 326 g/mol. The Morgan fingerprint density at radius 2 is 2.00 bits per heavy atom. The van der Waals surface area contributed by atoms with Gasteiger partial charge in [0.1, 0.15) is 9.07 Å². The van der Waals surface area contributed by atoms with Crippen LogP contribution in [-0.4, -0.2) is 44.4 Å². The first kappa shape index (κ1) is 15.7. The van der Waals surface area contributed by atoms with Gasteiger partial charge in [-0.05, 0) is 44.4 Å². The molecule has 1 saturated heterocycles. The van der Waals surface area contributed by atoms with Crippen LogP contribution in [0.1, 0.15) is 19.4 Å². The van der Waals surface area contributed by atoms with E-state index in [0.29, 0.717) is 0 Å². The lowest BCUT2D eigenvalue weighted by atomic mass is 10.1. The van der Waals surface area contributed by atoms with Crippen LogP contribution in [0.2, 0.25) is 0 Å². The predicted molar refractivity (Wildman–Crippen MR) is 92.8 cm³/mol. The first-order chi connectivity index (χ1) is 9.35. The van der Waals surface area contributed by atoms with E-state index >= 15 is 0 Å². The van der Waals surface area contributed by atoms with E-state index in [2.05, 4.69) is 0 Å². The molecule has 0 unspecified atom stereocenters. The highest BCUT2D eigenvalue weighted by Crippen LogP contribution is 2.40. The number of benzene rings is 1. The van der Waals surface area contributed by atoms with Crippen LogP contribution in [-0.2, 0) is 0 Å². The van der Waals surface area contributed by atoms with Crippen LogP contribution >= 0.6 is 35.7 Å². The van der Waals surface area contributed by atoms with Crippen molar-refractivity contribution in [2.75, 3.05) is 13.3 Å². The van der Waals surface area contributed by atoms with E-state index in [1.165, 1.54) is 4.90 Å². The van der Waals surface area contributed by atoms with Crippen molar-refractivity contribution in [3.05, 3.63) is 35.0 Å². The summed E-state index contributed by atoms with van der Waals surface area (Å²) < 4.78 is 1.57. The average molecular weight is 327 g/mol. The Balaban J connectivity index is 2.27.